The first kappa shape index (κ1) is 9.71. The molecule has 0 aliphatic heterocycles. The van der Waals surface area contributed by atoms with Gasteiger partial charge in [0.1, 0.15) is 5.15 Å². The standard InChI is InChI=1S/C10H14ClN3/c11-9-8(6-13-10(12)14-9)7-4-2-1-3-5-7/h6-7H,1-5H2,(H2,12,13,14). The first-order valence-corrected chi connectivity index (χ1v) is 5.43. The summed E-state index contributed by atoms with van der Waals surface area (Å²) in [6, 6.07) is 0. The van der Waals surface area contributed by atoms with Crippen molar-refractivity contribution in [3.05, 3.63) is 16.9 Å². The molecule has 1 aromatic rings. The second-order valence-corrected chi connectivity index (χ2v) is 4.17. The molecule has 1 aliphatic rings. The van der Waals surface area contributed by atoms with Gasteiger partial charge in [-0.3, -0.25) is 0 Å². The monoisotopic (exact) mass is 211 g/mol. The summed E-state index contributed by atoms with van der Waals surface area (Å²) in [7, 11) is 0. The maximum absolute atomic E-state index is 6.03. The molecule has 0 saturated heterocycles. The molecule has 0 spiro atoms. The van der Waals surface area contributed by atoms with Crippen molar-refractivity contribution in [3.63, 3.8) is 0 Å². The van der Waals surface area contributed by atoms with Crippen LogP contribution >= 0.6 is 11.6 Å². The van der Waals surface area contributed by atoms with Crippen LogP contribution in [0.3, 0.4) is 0 Å². The molecule has 3 nitrogen and oxygen atoms in total. The maximum Gasteiger partial charge on any atom is 0.221 e. The Bertz CT molecular complexity index is 321. The molecule has 14 heavy (non-hydrogen) atoms. The number of aromatic nitrogens is 2. The van der Waals surface area contributed by atoms with Crippen LogP contribution in [0.15, 0.2) is 6.20 Å². The summed E-state index contributed by atoms with van der Waals surface area (Å²) >= 11 is 6.03. The fourth-order valence-corrected chi connectivity index (χ4v) is 2.36. The van der Waals surface area contributed by atoms with Crippen molar-refractivity contribution in [1.29, 1.82) is 0 Å². The Morgan fingerprint density at radius 2 is 2.00 bits per heavy atom. The van der Waals surface area contributed by atoms with E-state index in [0.717, 1.165) is 5.56 Å². The molecular weight excluding hydrogens is 198 g/mol. The predicted molar refractivity (Wildman–Crippen MR) is 57.3 cm³/mol. The minimum Gasteiger partial charge on any atom is -0.368 e. The summed E-state index contributed by atoms with van der Waals surface area (Å²) < 4.78 is 0. The van der Waals surface area contributed by atoms with E-state index in [1.165, 1.54) is 32.1 Å². The molecule has 0 unspecified atom stereocenters. The highest BCUT2D eigenvalue weighted by molar-refractivity contribution is 6.30. The molecule has 2 N–H and O–H groups in total. The van der Waals surface area contributed by atoms with Crippen LogP contribution in [0.1, 0.15) is 43.6 Å². The first-order valence-electron chi connectivity index (χ1n) is 5.05. The third-order valence-corrected chi connectivity index (χ3v) is 3.13. The van der Waals surface area contributed by atoms with E-state index < -0.39 is 0 Å². The summed E-state index contributed by atoms with van der Waals surface area (Å²) in [6.45, 7) is 0. The largest absolute Gasteiger partial charge is 0.368 e. The Hall–Kier alpha value is -0.830. The van der Waals surface area contributed by atoms with Gasteiger partial charge in [0, 0.05) is 11.8 Å². The van der Waals surface area contributed by atoms with Crippen molar-refractivity contribution in [1.82, 2.24) is 9.97 Å². The summed E-state index contributed by atoms with van der Waals surface area (Å²) in [5.74, 6) is 0.798. The van der Waals surface area contributed by atoms with Gasteiger partial charge >= 0.3 is 0 Å². The SMILES string of the molecule is Nc1ncc(C2CCCCC2)c(Cl)n1. The topological polar surface area (TPSA) is 51.8 Å². The number of halogens is 1. The lowest BCUT2D eigenvalue weighted by atomic mass is 9.85. The normalized spacial score (nSPS) is 18.4. The number of nitrogen functional groups attached to an aromatic ring is 1. The van der Waals surface area contributed by atoms with Crippen LogP contribution in [-0.4, -0.2) is 9.97 Å². The Labute approximate surface area is 88.7 Å². The van der Waals surface area contributed by atoms with Crippen LogP contribution in [0.2, 0.25) is 5.15 Å². The van der Waals surface area contributed by atoms with Crippen molar-refractivity contribution in [2.45, 2.75) is 38.0 Å². The number of nitrogens with zero attached hydrogens (tertiary/aromatic N) is 2. The van der Waals surface area contributed by atoms with Gasteiger partial charge in [0.2, 0.25) is 5.95 Å². The molecule has 1 aromatic heterocycles. The van der Waals surface area contributed by atoms with E-state index in [9.17, 15) is 0 Å². The molecule has 1 aliphatic carbocycles. The minimum atomic E-state index is 0.259. The lowest BCUT2D eigenvalue weighted by Crippen LogP contribution is -2.07. The third-order valence-electron chi connectivity index (χ3n) is 2.83. The summed E-state index contributed by atoms with van der Waals surface area (Å²) in [5.41, 5.74) is 6.52. The van der Waals surface area contributed by atoms with E-state index in [2.05, 4.69) is 9.97 Å². The maximum atomic E-state index is 6.03. The second kappa shape index (κ2) is 4.13. The van der Waals surface area contributed by atoms with Crippen LogP contribution in [0.5, 0.6) is 0 Å². The van der Waals surface area contributed by atoms with Gasteiger partial charge in [-0.25, -0.2) is 9.97 Å². The zero-order valence-electron chi connectivity index (χ0n) is 8.04. The van der Waals surface area contributed by atoms with Crippen LogP contribution < -0.4 is 5.73 Å². The van der Waals surface area contributed by atoms with Crippen LogP contribution in [0.25, 0.3) is 0 Å². The van der Waals surface area contributed by atoms with Crippen LogP contribution in [-0.2, 0) is 0 Å². The lowest BCUT2D eigenvalue weighted by molar-refractivity contribution is 0.442. The van der Waals surface area contributed by atoms with E-state index in [1.54, 1.807) is 6.20 Å². The summed E-state index contributed by atoms with van der Waals surface area (Å²) in [4.78, 5) is 7.98. The highest BCUT2D eigenvalue weighted by Gasteiger charge is 2.19. The zero-order chi connectivity index (χ0) is 9.97. The van der Waals surface area contributed by atoms with E-state index >= 15 is 0 Å². The Balaban J connectivity index is 2.22. The number of rotatable bonds is 1. The minimum absolute atomic E-state index is 0.259. The molecule has 1 heterocycles. The Morgan fingerprint density at radius 3 is 2.64 bits per heavy atom. The van der Waals surface area contributed by atoms with Crippen molar-refractivity contribution < 1.29 is 0 Å². The predicted octanol–water partition coefficient (Wildman–Crippen LogP) is 2.76. The van der Waals surface area contributed by atoms with E-state index in [4.69, 9.17) is 17.3 Å². The molecule has 2 rings (SSSR count). The molecule has 0 bridgehead atoms. The van der Waals surface area contributed by atoms with Crippen molar-refractivity contribution in [2.75, 3.05) is 5.73 Å². The van der Waals surface area contributed by atoms with Crippen molar-refractivity contribution in [3.8, 4) is 0 Å². The highest BCUT2D eigenvalue weighted by atomic mass is 35.5. The van der Waals surface area contributed by atoms with E-state index in [1.807, 2.05) is 0 Å². The Morgan fingerprint density at radius 1 is 1.29 bits per heavy atom. The Kier molecular flexibility index (Phi) is 2.87. The highest BCUT2D eigenvalue weighted by Crippen LogP contribution is 2.35. The quantitative estimate of drug-likeness (QED) is 0.727. The summed E-state index contributed by atoms with van der Waals surface area (Å²) in [6.07, 6.45) is 8.08. The number of hydrogen-bond acceptors (Lipinski definition) is 3. The average Bonchev–Trinajstić information content (AvgIpc) is 2.19. The van der Waals surface area contributed by atoms with E-state index in [0.29, 0.717) is 11.1 Å². The van der Waals surface area contributed by atoms with Crippen LogP contribution in [0.4, 0.5) is 5.95 Å². The second-order valence-electron chi connectivity index (χ2n) is 3.81. The van der Waals surface area contributed by atoms with Crippen molar-refractivity contribution in [2.24, 2.45) is 0 Å². The molecule has 0 amide bonds. The van der Waals surface area contributed by atoms with Crippen LogP contribution in [0, 0.1) is 0 Å². The molecule has 0 atom stereocenters. The molecule has 1 fully saturated rings. The lowest BCUT2D eigenvalue weighted by Gasteiger charge is -2.21. The fraction of sp³-hybridized carbons (Fsp3) is 0.600. The number of hydrogen-bond donors (Lipinski definition) is 1. The summed E-state index contributed by atoms with van der Waals surface area (Å²) in [5, 5.41) is 0.532. The smallest absolute Gasteiger partial charge is 0.221 e. The van der Waals surface area contributed by atoms with Gasteiger partial charge in [0.05, 0.1) is 0 Å². The van der Waals surface area contributed by atoms with Gasteiger partial charge in [-0.2, -0.15) is 0 Å². The van der Waals surface area contributed by atoms with E-state index in [-0.39, 0.29) is 5.95 Å². The van der Waals surface area contributed by atoms with Gasteiger partial charge in [0.25, 0.3) is 0 Å². The van der Waals surface area contributed by atoms with Gasteiger partial charge in [-0.1, -0.05) is 30.9 Å². The molecule has 4 heteroatoms. The molecule has 76 valence electrons. The molecule has 1 saturated carbocycles. The molecule has 0 aromatic carbocycles. The fourth-order valence-electron chi connectivity index (χ4n) is 2.07. The number of nitrogens with two attached hydrogens (primary N) is 1. The third kappa shape index (κ3) is 1.98. The van der Waals surface area contributed by atoms with Gasteiger partial charge in [0.15, 0.2) is 0 Å². The average molecular weight is 212 g/mol. The zero-order valence-corrected chi connectivity index (χ0v) is 8.80. The first-order chi connectivity index (χ1) is 6.77. The van der Waals surface area contributed by atoms with Gasteiger partial charge in [-0.15, -0.1) is 0 Å². The number of anilines is 1. The van der Waals surface area contributed by atoms with Gasteiger partial charge in [-0.05, 0) is 18.8 Å². The molecule has 0 radical (unpaired) electrons. The molecular formula is C10H14ClN3. The van der Waals surface area contributed by atoms with Crippen molar-refractivity contribution >= 4 is 17.5 Å². The van der Waals surface area contributed by atoms with Gasteiger partial charge < -0.3 is 5.73 Å².